The fourth-order valence-corrected chi connectivity index (χ4v) is 2.38. The van der Waals surface area contributed by atoms with Gasteiger partial charge in [0, 0.05) is 9.13 Å². The van der Waals surface area contributed by atoms with Crippen molar-refractivity contribution in [2.45, 2.75) is 0 Å². The summed E-state index contributed by atoms with van der Waals surface area (Å²) >= 11 is 8.30. The lowest BCUT2D eigenvalue weighted by Crippen LogP contribution is -1.82. The van der Waals surface area contributed by atoms with Gasteiger partial charge in [0.05, 0.1) is 27.7 Å². The van der Waals surface area contributed by atoms with Gasteiger partial charge in [-0.1, -0.05) is 17.7 Å². The van der Waals surface area contributed by atoms with Crippen molar-refractivity contribution in [2.75, 3.05) is 0 Å². The van der Waals surface area contributed by atoms with Gasteiger partial charge in [-0.2, -0.15) is 5.26 Å². The monoisotopic (exact) mass is 379 g/mol. The molecular formula is C14H7ClIN3. The Morgan fingerprint density at radius 1 is 1.21 bits per heavy atom. The first kappa shape index (κ1) is 12.5. The molecule has 0 saturated carbocycles. The Balaban J connectivity index is 2.15. The average Bonchev–Trinajstić information content (AvgIpc) is 2.84. The maximum Gasteiger partial charge on any atom is 0.138 e. The fourth-order valence-electron chi connectivity index (χ4n) is 1.86. The molecule has 5 heteroatoms. The number of aromatic nitrogens is 2. The number of rotatable bonds is 1. The van der Waals surface area contributed by atoms with Gasteiger partial charge in [0.1, 0.15) is 5.82 Å². The molecule has 1 N–H and O–H groups in total. The van der Waals surface area contributed by atoms with E-state index in [4.69, 9.17) is 16.9 Å². The van der Waals surface area contributed by atoms with Crippen LogP contribution in [0, 0.1) is 14.9 Å². The summed E-state index contributed by atoms with van der Waals surface area (Å²) in [6.45, 7) is 0. The van der Waals surface area contributed by atoms with Crippen LogP contribution in [0.1, 0.15) is 5.56 Å². The zero-order valence-electron chi connectivity index (χ0n) is 9.61. The molecule has 0 spiro atoms. The van der Waals surface area contributed by atoms with Gasteiger partial charge in [-0.3, -0.25) is 0 Å². The molecule has 0 aliphatic heterocycles. The van der Waals surface area contributed by atoms with E-state index in [1.807, 2.05) is 24.3 Å². The van der Waals surface area contributed by atoms with Crippen molar-refractivity contribution in [1.82, 2.24) is 9.97 Å². The Morgan fingerprint density at radius 3 is 2.79 bits per heavy atom. The first-order chi connectivity index (χ1) is 9.17. The zero-order chi connectivity index (χ0) is 13.4. The molecule has 0 aliphatic rings. The van der Waals surface area contributed by atoms with E-state index in [1.165, 1.54) is 0 Å². The maximum atomic E-state index is 8.89. The molecule has 0 bridgehead atoms. The quantitative estimate of drug-likeness (QED) is 0.639. The number of hydrogen-bond acceptors (Lipinski definition) is 2. The molecule has 3 nitrogen and oxygen atoms in total. The minimum atomic E-state index is 0.614. The van der Waals surface area contributed by atoms with E-state index in [1.54, 1.807) is 12.1 Å². The Kier molecular flexibility index (Phi) is 3.17. The van der Waals surface area contributed by atoms with Crippen LogP contribution in [0.5, 0.6) is 0 Å². The van der Waals surface area contributed by atoms with Crippen molar-refractivity contribution in [3.63, 3.8) is 0 Å². The predicted molar refractivity (Wildman–Crippen MR) is 84.0 cm³/mol. The molecule has 3 rings (SSSR count). The molecular weight excluding hydrogens is 373 g/mol. The van der Waals surface area contributed by atoms with E-state index in [2.05, 4.69) is 38.6 Å². The third-order valence-electron chi connectivity index (χ3n) is 2.80. The number of H-pyrrole nitrogens is 1. The minimum Gasteiger partial charge on any atom is -0.338 e. The largest absolute Gasteiger partial charge is 0.338 e. The van der Waals surface area contributed by atoms with Crippen molar-refractivity contribution < 1.29 is 0 Å². The number of nitrogens with zero attached hydrogens (tertiary/aromatic N) is 2. The molecule has 0 aliphatic carbocycles. The van der Waals surface area contributed by atoms with E-state index < -0.39 is 0 Å². The number of nitriles is 1. The van der Waals surface area contributed by atoms with Crippen molar-refractivity contribution in [3.05, 3.63) is 50.6 Å². The van der Waals surface area contributed by atoms with Gasteiger partial charge in [0.15, 0.2) is 0 Å². The molecule has 19 heavy (non-hydrogen) atoms. The van der Waals surface area contributed by atoms with E-state index in [-0.39, 0.29) is 0 Å². The molecule has 1 aromatic heterocycles. The highest BCUT2D eigenvalue weighted by Gasteiger charge is 2.07. The first-order valence-corrected chi connectivity index (χ1v) is 6.98. The summed E-state index contributed by atoms with van der Waals surface area (Å²) in [6, 6.07) is 13.3. The first-order valence-electron chi connectivity index (χ1n) is 5.52. The molecule has 0 saturated heterocycles. The number of hydrogen-bond donors (Lipinski definition) is 1. The van der Waals surface area contributed by atoms with Crippen molar-refractivity contribution >= 4 is 45.2 Å². The van der Waals surface area contributed by atoms with Gasteiger partial charge in [0.2, 0.25) is 0 Å². The second-order valence-corrected chi connectivity index (χ2v) is 5.63. The van der Waals surface area contributed by atoms with Crippen LogP contribution in [0.4, 0.5) is 0 Å². The summed E-state index contributed by atoms with van der Waals surface area (Å²) in [5.74, 6) is 0.753. The zero-order valence-corrected chi connectivity index (χ0v) is 12.5. The lowest BCUT2D eigenvalue weighted by atomic mass is 10.2. The molecule has 0 fully saturated rings. The van der Waals surface area contributed by atoms with Crippen molar-refractivity contribution in [2.24, 2.45) is 0 Å². The summed E-state index contributed by atoms with van der Waals surface area (Å²) in [5.41, 5.74) is 3.23. The second-order valence-electron chi connectivity index (χ2n) is 4.06. The van der Waals surface area contributed by atoms with Crippen LogP contribution < -0.4 is 0 Å². The molecule has 0 atom stereocenters. The van der Waals surface area contributed by atoms with Crippen LogP contribution >= 0.6 is 34.2 Å². The Morgan fingerprint density at radius 2 is 2.05 bits per heavy atom. The number of benzene rings is 2. The summed E-state index contributed by atoms with van der Waals surface area (Å²) in [6.07, 6.45) is 0. The predicted octanol–water partition coefficient (Wildman–Crippen LogP) is 4.36. The van der Waals surface area contributed by atoms with Crippen LogP contribution in [0.2, 0.25) is 5.02 Å². The maximum absolute atomic E-state index is 8.89. The molecule has 0 amide bonds. The third kappa shape index (κ3) is 2.31. The molecule has 92 valence electrons. The van der Waals surface area contributed by atoms with E-state index >= 15 is 0 Å². The number of nitrogens with one attached hydrogen (secondary N) is 1. The van der Waals surface area contributed by atoms with Crippen molar-refractivity contribution in [3.8, 4) is 17.5 Å². The number of aromatic amines is 1. The Hall–Kier alpha value is -1.58. The van der Waals surface area contributed by atoms with Gasteiger partial charge < -0.3 is 4.98 Å². The standard InChI is InChI=1S/C14H7ClIN3/c15-10-6-9(2-3-11(10)16)14-18-12-4-1-8(7-17)5-13(12)19-14/h1-6H,(H,18,19). The van der Waals surface area contributed by atoms with Crippen LogP contribution in [0.15, 0.2) is 36.4 Å². The van der Waals surface area contributed by atoms with Gasteiger partial charge in [0.25, 0.3) is 0 Å². The lowest BCUT2D eigenvalue weighted by molar-refractivity contribution is 1.33. The lowest BCUT2D eigenvalue weighted by Gasteiger charge is -1.99. The fraction of sp³-hybridized carbons (Fsp3) is 0. The molecule has 0 radical (unpaired) electrons. The molecule has 0 unspecified atom stereocenters. The average molecular weight is 380 g/mol. The van der Waals surface area contributed by atoms with E-state index in [0.29, 0.717) is 10.6 Å². The van der Waals surface area contributed by atoms with Gasteiger partial charge >= 0.3 is 0 Å². The Labute approximate surface area is 128 Å². The SMILES string of the molecule is N#Cc1ccc2nc(-c3ccc(I)c(Cl)c3)[nH]c2c1. The van der Waals surface area contributed by atoms with Crippen LogP contribution in [-0.2, 0) is 0 Å². The van der Waals surface area contributed by atoms with E-state index in [0.717, 1.165) is 26.0 Å². The number of imidazole rings is 1. The van der Waals surface area contributed by atoms with Gasteiger partial charge in [-0.15, -0.1) is 0 Å². The van der Waals surface area contributed by atoms with Gasteiger partial charge in [-0.25, -0.2) is 4.98 Å². The summed E-state index contributed by atoms with van der Waals surface area (Å²) < 4.78 is 1.01. The second kappa shape index (κ2) is 4.83. The van der Waals surface area contributed by atoms with E-state index in [9.17, 15) is 0 Å². The highest BCUT2D eigenvalue weighted by Crippen LogP contribution is 2.26. The smallest absolute Gasteiger partial charge is 0.138 e. The summed E-state index contributed by atoms with van der Waals surface area (Å²) in [7, 11) is 0. The van der Waals surface area contributed by atoms with Gasteiger partial charge in [-0.05, 0) is 52.9 Å². The number of halogens is 2. The summed E-state index contributed by atoms with van der Waals surface area (Å²) in [4.78, 5) is 7.71. The molecule has 1 heterocycles. The Bertz CT molecular complexity index is 817. The highest BCUT2D eigenvalue weighted by molar-refractivity contribution is 14.1. The topological polar surface area (TPSA) is 52.5 Å². The van der Waals surface area contributed by atoms with Crippen LogP contribution in [-0.4, -0.2) is 9.97 Å². The number of fused-ring (bicyclic) bond motifs is 1. The summed E-state index contributed by atoms with van der Waals surface area (Å²) in [5, 5.41) is 9.59. The third-order valence-corrected chi connectivity index (χ3v) is 4.38. The normalized spacial score (nSPS) is 10.6. The highest BCUT2D eigenvalue weighted by atomic mass is 127. The molecule has 2 aromatic carbocycles. The minimum absolute atomic E-state index is 0.614. The van der Waals surface area contributed by atoms with Crippen molar-refractivity contribution in [1.29, 1.82) is 5.26 Å². The molecule has 3 aromatic rings. The van der Waals surface area contributed by atoms with Crippen LogP contribution in [0.3, 0.4) is 0 Å². The van der Waals surface area contributed by atoms with Crippen LogP contribution in [0.25, 0.3) is 22.4 Å².